The van der Waals surface area contributed by atoms with Gasteiger partial charge >= 0.3 is 0 Å². The van der Waals surface area contributed by atoms with Gasteiger partial charge in [-0.2, -0.15) is 5.26 Å². The summed E-state index contributed by atoms with van der Waals surface area (Å²) in [4.78, 5) is 14.5. The summed E-state index contributed by atoms with van der Waals surface area (Å²) in [6.07, 6.45) is 0.213. The molecule has 38 heavy (non-hydrogen) atoms. The van der Waals surface area contributed by atoms with Crippen LogP contribution in [0.15, 0.2) is 152 Å². The third kappa shape index (κ3) is 4.90. The zero-order valence-corrected chi connectivity index (χ0v) is 21.9. The molecule has 5 aromatic rings. The molecule has 0 heterocycles. The van der Waals surface area contributed by atoms with E-state index in [4.69, 9.17) is 0 Å². The zero-order chi connectivity index (χ0) is 26.2. The predicted molar refractivity (Wildman–Crippen MR) is 160 cm³/mol. The summed E-state index contributed by atoms with van der Waals surface area (Å²) in [6.45, 7) is -2.75. The van der Waals surface area contributed by atoms with Gasteiger partial charge in [-0.05, 0) is 33.9 Å². The summed E-state index contributed by atoms with van der Waals surface area (Å²) in [5, 5.41) is 14.1. The predicted octanol–water partition coefficient (Wildman–Crippen LogP) is 6.47. The molecule has 0 amide bonds. The van der Waals surface area contributed by atoms with Crippen LogP contribution in [0.4, 0.5) is 0 Å². The Bertz CT molecular complexity index is 1450. The molecule has 5 aromatic carbocycles. The Kier molecular flexibility index (Phi) is 7.79. The Hall–Kier alpha value is -4.44. The van der Waals surface area contributed by atoms with Crippen LogP contribution >= 0.6 is 6.89 Å². The van der Waals surface area contributed by atoms with E-state index in [1.807, 2.05) is 91.0 Å². The molecule has 184 valence electrons. The number of Topliss-reactive ketones (excluding diaryl/α,β-unsaturated/α-hetero) is 1. The van der Waals surface area contributed by atoms with Crippen LogP contribution in [0.2, 0.25) is 0 Å². The molecule has 0 saturated carbocycles. The average Bonchev–Trinajstić information content (AvgIpc) is 3.00. The number of hydrogen-bond donors (Lipinski definition) is 0. The fourth-order valence-electron chi connectivity index (χ4n) is 5.19. The van der Waals surface area contributed by atoms with Crippen LogP contribution in [0.3, 0.4) is 0 Å². The second kappa shape index (κ2) is 11.7. The second-order valence-electron chi connectivity index (χ2n) is 9.14. The van der Waals surface area contributed by atoms with E-state index in [1.54, 1.807) is 0 Å². The van der Waals surface area contributed by atoms with Gasteiger partial charge in [0.05, 0.1) is 0 Å². The highest BCUT2D eigenvalue weighted by molar-refractivity contribution is 7.96. The lowest BCUT2D eigenvalue weighted by molar-refractivity contribution is -0.112. The van der Waals surface area contributed by atoms with E-state index in [-0.39, 0.29) is 18.1 Å². The van der Waals surface area contributed by atoms with Crippen LogP contribution in [0.25, 0.3) is 0 Å². The third-order valence-electron chi connectivity index (χ3n) is 6.93. The highest BCUT2D eigenvalue weighted by Crippen LogP contribution is 2.47. The lowest BCUT2D eigenvalue weighted by Crippen LogP contribution is -2.33. The Morgan fingerprint density at radius 3 is 1.18 bits per heavy atom. The zero-order valence-electron chi connectivity index (χ0n) is 21.0. The molecule has 0 aliphatic carbocycles. The van der Waals surface area contributed by atoms with Crippen molar-refractivity contribution in [3.8, 4) is 6.07 Å². The Balaban J connectivity index is 1.79. The van der Waals surface area contributed by atoms with Crippen molar-refractivity contribution in [2.75, 3.05) is 0 Å². The number of carbonyl (C=O) groups is 1. The Morgan fingerprint density at radius 2 is 0.868 bits per heavy atom. The van der Waals surface area contributed by atoms with Gasteiger partial charge in [-0.1, -0.05) is 152 Å². The largest absolute Gasteiger partial charge is 0.293 e. The average molecular weight is 510 g/mol. The first-order valence-electron chi connectivity index (χ1n) is 12.7. The number of rotatable bonds is 8. The van der Waals surface area contributed by atoms with Gasteiger partial charge in [-0.3, -0.25) is 4.79 Å². The number of nitrogens with zero attached hydrogens (tertiary/aromatic N) is 1. The standard InChI is InChI=1S/C35H28NOP/c36-27-35(34(37)26-33(28-16-6-1-7-17-28)29-18-8-2-9-19-29)38(30-20-10-3-11-21-30,31-22-12-4-13-23-31)32-24-14-5-15-25-32/h1-25,33H,26H2. The van der Waals surface area contributed by atoms with Gasteiger partial charge in [-0.15, -0.1) is 0 Å². The van der Waals surface area contributed by atoms with Crippen LogP contribution in [0, 0.1) is 11.3 Å². The summed E-state index contributed by atoms with van der Waals surface area (Å²) in [5.74, 6) is -0.271. The number of benzene rings is 5. The quantitative estimate of drug-likeness (QED) is 0.225. The van der Waals surface area contributed by atoms with Crippen molar-refractivity contribution in [3.63, 3.8) is 0 Å². The highest BCUT2D eigenvalue weighted by atomic mass is 31.2. The molecule has 0 spiro atoms. The lowest BCUT2D eigenvalue weighted by atomic mass is 9.87. The van der Waals surface area contributed by atoms with Crippen molar-refractivity contribution < 1.29 is 4.79 Å². The summed E-state index contributed by atoms with van der Waals surface area (Å²) >= 11 is 0. The van der Waals surface area contributed by atoms with E-state index in [0.29, 0.717) is 5.29 Å². The molecular weight excluding hydrogens is 481 g/mol. The van der Waals surface area contributed by atoms with Crippen LogP contribution < -0.4 is 15.9 Å². The van der Waals surface area contributed by atoms with Crippen molar-refractivity contribution in [1.82, 2.24) is 0 Å². The topological polar surface area (TPSA) is 40.9 Å². The minimum absolute atomic E-state index is 0.116. The van der Waals surface area contributed by atoms with Crippen molar-refractivity contribution in [3.05, 3.63) is 163 Å². The van der Waals surface area contributed by atoms with Crippen LogP contribution in [0.5, 0.6) is 0 Å². The molecular formula is C35H28NOP. The molecule has 2 nitrogen and oxygen atoms in total. The number of carbonyl (C=O) groups excluding carboxylic acids is 1. The van der Waals surface area contributed by atoms with Gasteiger partial charge in [0.15, 0.2) is 5.78 Å². The molecule has 0 radical (unpaired) electrons. The van der Waals surface area contributed by atoms with Crippen molar-refractivity contribution in [2.24, 2.45) is 0 Å². The monoisotopic (exact) mass is 509 g/mol. The molecule has 3 heteroatoms. The molecule has 0 saturated heterocycles. The molecule has 0 N–H and O–H groups in total. The molecule has 0 aliphatic heterocycles. The van der Waals surface area contributed by atoms with Gasteiger partial charge < -0.3 is 0 Å². The smallest absolute Gasteiger partial charge is 0.175 e. The normalized spacial score (nSPS) is 11.1. The van der Waals surface area contributed by atoms with Crippen molar-refractivity contribution >= 4 is 33.9 Å². The van der Waals surface area contributed by atoms with E-state index in [2.05, 4.69) is 66.7 Å². The molecule has 0 unspecified atom stereocenters. The van der Waals surface area contributed by atoms with E-state index in [1.165, 1.54) is 0 Å². The SMILES string of the molecule is N#CC(C(=O)CC(c1ccccc1)c1ccccc1)=P(c1ccccc1)(c1ccccc1)c1ccccc1. The van der Waals surface area contributed by atoms with Crippen LogP contribution in [-0.2, 0) is 4.79 Å². The number of nitriles is 1. The molecule has 0 atom stereocenters. The maximum Gasteiger partial charge on any atom is 0.175 e. The maximum absolute atomic E-state index is 14.5. The molecule has 0 fully saturated rings. The first-order valence-corrected chi connectivity index (χ1v) is 14.5. The van der Waals surface area contributed by atoms with E-state index >= 15 is 0 Å². The summed E-state index contributed by atoms with van der Waals surface area (Å²) in [7, 11) is 0. The molecule has 0 bridgehead atoms. The second-order valence-corrected chi connectivity index (χ2v) is 12.5. The van der Waals surface area contributed by atoms with E-state index in [9.17, 15) is 10.1 Å². The van der Waals surface area contributed by atoms with Gasteiger partial charge in [0.2, 0.25) is 0 Å². The van der Waals surface area contributed by atoms with E-state index in [0.717, 1.165) is 27.0 Å². The van der Waals surface area contributed by atoms with Gasteiger partial charge in [-0.25, -0.2) is 0 Å². The maximum atomic E-state index is 14.5. The van der Waals surface area contributed by atoms with Crippen molar-refractivity contribution in [1.29, 1.82) is 5.26 Å². The molecule has 0 aromatic heterocycles. The Labute approximate surface area is 224 Å². The summed E-state index contributed by atoms with van der Waals surface area (Å²) < 4.78 is 0. The van der Waals surface area contributed by atoms with Crippen LogP contribution in [0.1, 0.15) is 23.5 Å². The highest BCUT2D eigenvalue weighted by Gasteiger charge is 2.34. The lowest BCUT2D eigenvalue weighted by Gasteiger charge is -2.30. The van der Waals surface area contributed by atoms with E-state index < -0.39 is 6.89 Å². The first kappa shape index (κ1) is 25.2. The van der Waals surface area contributed by atoms with Gasteiger partial charge in [0, 0.05) is 12.3 Å². The minimum atomic E-state index is -2.75. The fraction of sp³-hybridized carbons (Fsp3) is 0.0571. The van der Waals surface area contributed by atoms with Gasteiger partial charge in [0.1, 0.15) is 11.4 Å². The fourth-order valence-corrected chi connectivity index (χ4v) is 9.34. The number of hydrogen-bond acceptors (Lipinski definition) is 2. The minimum Gasteiger partial charge on any atom is -0.293 e. The summed E-state index contributed by atoms with van der Waals surface area (Å²) in [5.41, 5.74) is 2.12. The third-order valence-corrected chi connectivity index (χ3v) is 11.2. The molecule has 5 rings (SSSR count). The van der Waals surface area contributed by atoms with Crippen molar-refractivity contribution in [2.45, 2.75) is 12.3 Å². The first-order chi connectivity index (χ1) is 18.7. The van der Waals surface area contributed by atoms with Gasteiger partial charge in [0.25, 0.3) is 0 Å². The molecule has 0 aliphatic rings. The number of ketones is 1. The summed E-state index contributed by atoms with van der Waals surface area (Å²) in [6, 6.07) is 52.9. The van der Waals surface area contributed by atoms with Crippen LogP contribution in [-0.4, -0.2) is 11.1 Å². The Morgan fingerprint density at radius 1 is 0.553 bits per heavy atom.